The molecule has 1 atom stereocenters. The average molecular weight is 264 g/mol. The number of thiazole rings is 1. The Morgan fingerprint density at radius 1 is 1.50 bits per heavy atom. The minimum atomic E-state index is -0.817. The first-order chi connectivity index (χ1) is 8.70. The van der Waals surface area contributed by atoms with Gasteiger partial charge in [-0.15, -0.1) is 0 Å². The molecule has 0 bridgehead atoms. The zero-order valence-corrected chi connectivity index (χ0v) is 11.0. The number of aromatic nitrogens is 1. The van der Waals surface area contributed by atoms with Gasteiger partial charge in [0.2, 0.25) is 0 Å². The van der Waals surface area contributed by atoms with Gasteiger partial charge in [0.15, 0.2) is 5.13 Å². The van der Waals surface area contributed by atoms with E-state index in [1.165, 1.54) is 11.3 Å². The summed E-state index contributed by atoms with van der Waals surface area (Å²) >= 11 is 1.49. The highest BCUT2D eigenvalue weighted by Gasteiger charge is 2.17. The molecule has 1 aromatic heterocycles. The molecule has 0 radical (unpaired) electrons. The number of para-hydroxylation sites is 1. The van der Waals surface area contributed by atoms with E-state index in [2.05, 4.69) is 17.2 Å². The lowest BCUT2D eigenvalue weighted by molar-refractivity contribution is -0.138. The van der Waals surface area contributed by atoms with Crippen molar-refractivity contribution in [3.8, 4) is 0 Å². The van der Waals surface area contributed by atoms with Crippen molar-refractivity contribution in [3.63, 3.8) is 0 Å². The minimum Gasteiger partial charge on any atom is -0.480 e. The zero-order chi connectivity index (χ0) is 13.0. The van der Waals surface area contributed by atoms with E-state index in [-0.39, 0.29) is 0 Å². The van der Waals surface area contributed by atoms with Gasteiger partial charge in [-0.2, -0.15) is 0 Å². The summed E-state index contributed by atoms with van der Waals surface area (Å²) < 4.78 is 1.07. The first-order valence-corrected chi connectivity index (χ1v) is 6.87. The molecule has 5 heteroatoms. The van der Waals surface area contributed by atoms with Gasteiger partial charge in [0.1, 0.15) is 6.04 Å². The smallest absolute Gasteiger partial charge is 0.326 e. The van der Waals surface area contributed by atoms with Gasteiger partial charge in [-0.05, 0) is 18.6 Å². The van der Waals surface area contributed by atoms with E-state index in [0.29, 0.717) is 11.6 Å². The van der Waals surface area contributed by atoms with Gasteiger partial charge in [-0.3, -0.25) is 0 Å². The average Bonchev–Trinajstić information content (AvgIpc) is 2.76. The van der Waals surface area contributed by atoms with Crippen LogP contribution in [0.4, 0.5) is 5.13 Å². The van der Waals surface area contributed by atoms with E-state index < -0.39 is 12.0 Å². The summed E-state index contributed by atoms with van der Waals surface area (Å²) in [5.74, 6) is -0.817. The molecule has 2 aromatic rings. The third kappa shape index (κ3) is 2.98. The Balaban J connectivity index is 2.12. The van der Waals surface area contributed by atoms with Crippen molar-refractivity contribution in [1.82, 2.24) is 4.98 Å². The van der Waals surface area contributed by atoms with Gasteiger partial charge in [-0.25, -0.2) is 9.78 Å². The standard InChI is InChI=1S/C13H16N2O2S/c1-2-3-6-10(12(16)17)15-13-14-9-7-4-5-8-11(9)18-13/h4-5,7-8,10H,2-3,6H2,1H3,(H,14,15)(H,16,17). The molecule has 2 rings (SSSR count). The third-order valence-corrected chi connectivity index (χ3v) is 3.70. The van der Waals surface area contributed by atoms with Crippen LogP contribution in [0.15, 0.2) is 24.3 Å². The van der Waals surface area contributed by atoms with Crippen LogP contribution in [0.2, 0.25) is 0 Å². The van der Waals surface area contributed by atoms with Crippen LogP contribution in [0.5, 0.6) is 0 Å². The molecule has 0 aliphatic carbocycles. The van der Waals surface area contributed by atoms with Crippen molar-refractivity contribution in [3.05, 3.63) is 24.3 Å². The summed E-state index contributed by atoms with van der Waals surface area (Å²) in [5.41, 5.74) is 0.907. The summed E-state index contributed by atoms with van der Waals surface area (Å²) in [5, 5.41) is 12.8. The molecule has 0 saturated carbocycles. The molecule has 1 aromatic carbocycles. The SMILES string of the molecule is CCCCC(Nc1nc2ccccc2s1)C(=O)O. The van der Waals surface area contributed by atoms with Gasteiger partial charge in [0, 0.05) is 0 Å². The van der Waals surface area contributed by atoms with Gasteiger partial charge in [0.05, 0.1) is 10.2 Å². The highest BCUT2D eigenvalue weighted by Crippen LogP contribution is 2.26. The predicted molar refractivity (Wildman–Crippen MR) is 74.2 cm³/mol. The van der Waals surface area contributed by atoms with Crippen molar-refractivity contribution >= 4 is 32.7 Å². The summed E-state index contributed by atoms with van der Waals surface area (Å²) in [6.45, 7) is 2.05. The summed E-state index contributed by atoms with van der Waals surface area (Å²) in [4.78, 5) is 15.5. The molecule has 0 saturated heterocycles. The monoisotopic (exact) mass is 264 g/mol. The summed E-state index contributed by atoms with van der Waals surface area (Å²) in [6.07, 6.45) is 2.52. The predicted octanol–water partition coefficient (Wildman–Crippen LogP) is 3.35. The number of carboxylic acid groups (broad SMARTS) is 1. The number of benzene rings is 1. The van der Waals surface area contributed by atoms with Crippen molar-refractivity contribution < 1.29 is 9.90 Å². The molecule has 0 aliphatic heterocycles. The topological polar surface area (TPSA) is 62.2 Å². The number of nitrogens with one attached hydrogen (secondary N) is 1. The van der Waals surface area contributed by atoms with Crippen molar-refractivity contribution in [2.24, 2.45) is 0 Å². The second-order valence-corrected chi connectivity index (χ2v) is 5.19. The molecule has 1 unspecified atom stereocenters. The number of carbonyl (C=O) groups is 1. The number of nitrogens with zero attached hydrogens (tertiary/aromatic N) is 1. The molecule has 0 amide bonds. The number of rotatable bonds is 6. The van der Waals surface area contributed by atoms with Crippen molar-refractivity contribution in [1.29, 1.82) is 0 Å². The Morgan fingerprint density at radius 3 is 2.94 bits per heavy atom. The van der Waals surface area contributed by atoms with E-state index in [0.717, 1.165) is 23.1 Å². The Labute approximate surface area is 110 Å². The maximum atomic E-state index is 11.1. The van der Waals surface area contributed by atoms with Crippen LogP contribution in [0.3, 0.4) is 0 Å². The van der Waals surface area contributed by atoms with Crippen molar-refractivity contribution in [2.75, 3.05) is 5.32 Å². The molecule has 0 spiro atoms. The molecule has 1 heterocycles. The molecule has 18 heavy (non-hydrogen) atoms. The number of hydrogen-bond donors (Lipinski definition) is 2. The number of hydrogen-bond acceptors (Lipinski definition) is 4. The highest BCUT2D eigenvalue weighted by atomic mass is 32.1. The fraction of sp³-hybridized carbons (Fsp3) is 0.385. The molecule has 0 aliphatic rings. The number of unbranched alkanes of at least 4 members (excludes halogenated alkanes) is 1. The second-order valence-electron chi connectivity index (χ2n) is 4.16. The maximum Gasteiger partial charge on any atom is 0.326 e. The fourth-order valence-corrected chi connectivity index (χ4v) is 2.67. The Bertz CT molecular complexity index is 506. The summed E-state index contributed by atoms with van der Waals surface area (Å²) in [6, 6.07) is 7.25. The van der Waals surface area contributed by atoms with Crippen LogP contribution < -0.4 is 5.32 Å². The lowest BCUT2D eigenvalue weighted by Gasteiger charge is -2.12. The first-order valence-electron chi connectivity index (χ1n) is 6.05. The molecular formula is C13H16N2O2S. The Kier molecular flexibility index (Phi) is 4.15. The van der Waals surface area contributed by atoms with E-state index in [1.54, 1.807) is 0 Å². The van der Waals surface area contributed by atoms with Gasteiger partial charge in [-0.1, -0.05) is 43.2 Å². The lowest BCUT2D eigenvalue weighted by atomic mass is 10.1. The van der Waals surface area contributed by atoms with Gasteiger partial charge >= 0.3 is 5.97 Å². The van der Waals surface area contributed by atoms with Crippen LogP contribution in [-0.2, 0) is 4.79 Å². The second kappa shape index (κ2) is 5.82. The number of anilines is 1. The molecule has 0 fully saturated rings. The van der Waals surface area contributed by atoms with E-state index in [4.69, 9.17) is 5.11 Å². The molecule has 2 N–H and O–H groups in total. The molecule has 96 valence electrons. The van der Waals surface area contributed by atoms with Crippen LogP contribution >= 0.6 is 11.3 Å². The number of carboxylic acids is 1. The third-order valence-electron chi connectivity index (χ3n) is 2.74. The van der Waals surface area contributed by atoms with Crippen molar-refractivity contribution in [2.45, 2.75) is 32.2 Å². The molecular weight excluding hydrogens is 248 g/mol. The van der Waals surface area contributed by atoms with E-state index in [1.807, 2.05) is 24.3 Å². The largest absolute Gasteiger partial charge is 0.480 e. The van der Waals surface area contributed by atoms with Crippen LogP contribution in [0, 0.1) is 0 Å². The number of fused-ring (bicyclic) bond motifs is 1. The lowest BCUT2D eigenvalue weighted by Crippen LogP contribution is -2.28. The maximum absolute atomic E-state index is 11.1. The van der Waals surface area contributed by atoms with Crippen LogP contribution in [0.25, 0.3) is 10.2 Å². The van der Waals surface area contributed by atoms with Gasteiger partial charge in [0.25, 0.3) is 0 Å². The fourth-order valence-electron chi connectivity index (χ4n) is 1.75. The zero-order valence-electron chi connectivity index (χ0n) is 10.2. The quantitative estimate of drug-likeness (QED) is 0.840. The minimum absolute atomic E-state index is 0.550. The van der Waals surface area contributed by atoms with E-state index in [9.17, 15) is 4.79 Å². The highest BCUT2D eigenvalue weighted by molar-refractivity contribution is 7.22. The summed E-state index contributed by atoms with van der Waals surface area (Å²) in [7, 11) is 0. The molecule has 4 nitrogen and oxygen atoms in total. The Morgan fingerprint density at radius 2 is 2.28 bits per heavy atom. The van der Waals surface area contributed by atoms with Crippen LogP contribution in [0.1, 0.15) is 26.2 Å². The first kappa shape index (κ1) is 12.8. The Hall–Kier alpha value is -1.62. The van der Waals surface area contributed by atoms with Gasteiger partial charge < -0.3 is 10.4 Å². The van der Waals surface area contributed by atoms with Crippen LogP contribution in [-0.4, -0.2) is 22.1 Å². The van der Waals surface area contributed by atoms with E-state index >= 15 is 0 Å². The number of aliphatic carboxylic acids is 1. The normalized spacial score (nSPS) is 12.5.